The molecule has 4 heterocycles. The summed E-state index contributed by atoms with van der Waals surface area (Å²) in [6.45, 7) is 8.36. The van der Waals surface area contributed by atoms with Crippen molar-refractivity contribution in [2.24, 2.45) is 5.92 Å². The topological polar surface area (TPSA) is 94.5 Å². The van der Waals surface area contributed by atoms with Crippen LogP contribution in [0.25, 0.3) is 10.9 Å². The van der Waals surface area contributed by atoms with Crippen molar-refractivity contribution in [3.05, 3.63) is 64.1 Å². The number of carbonyl (C=O) groups is 1. The molecule has 0 unspecified atom stereocenters. The van der Waals surface area contributed by atoms with Gasteiger partial charge in [-0.25, -0.2) is 9.78 Å². The van der Waals surface area contributed by atoms with Crippen LogP contribution in [0.1, 0.15) is 31.0 Å². The minimum Gasteiger partial charge on any atom is -0.356 e. The number of piperidine rings is 1. The molecule has 0 aliphatic carbocycles. The third kappa shape index (κ3) is 6.99. The van der Waals surface area contributed by atoms with Crippen LogP contribution in [0.4, 0.5) is 29.5 Å². The lowest BCUT2D eigenvalue weighted by Gasteiger charge is -2.33. The molecule has 2 aliphatic rings. The highest BCUT2D eigenvalue weighted by Gasteiger charge is 2.34. The van der Waals surface area contributed by atoms with E-state index in [9.17, 15) is 22.8 Å². The summed E-state index contributed by atoms with van der Waals surface area (Å²) in [7, 11) is 0. The van der Waals surface area contributed by atoms with Gasteiger partial charge in [-0.05, 0) is 43.0 Å². The normalized spacial score (nSPS) is 17.1. The van der Waals surface area contributed by atoms with E-state index < -0.39 is 17.9 Å². The van der Waals surface area contributed by atoms with Crippen LogP contribution in [-0.4, -0.2) is 66.3 Å². The van der Waals surface area contributed by atoms with Crippen molar-refractivity contribution in [3.63, 3.8) is 0 Å². The number of nitrogens with zero attached hydrogens (tertiary/aromatic N) is 4. The standard InChI is InChI=1S/C29H36F3N7O2/c1-20-9-13-38(14-10-20)27-21(5-7-25(36-27)29(30,31)32)19-34-28(41)35-23-3-2-4-24-22(23)6-8-26(40)39(24)18-17-37-15-11-33-12-16-37/h2-8,20,33H,9-19H2,1H3,(H2,34,35,41). The van der Waals surface area contributed by atoms with E-state index in [0.717, 1.165) is 62.5 Å². The van der Waals surface area contributed by atoms with Crippen molar-refractivity contribution >= 4 is 28.4 Å². The van der Waals surface area contributed by atoms with Crippen LogP contribution in [0, 0.1) is 5.92 Å². The van der Waals surface area contributed by atoms with Crippen molar-refractivity contribution < 1.29 is 18.0 Å². The first kappa shape index (κ1) is 28.9. The number of hydrogen-bond donors (Lipinski definition) is 3. The number of amides is 2. The lowest BCUT2D eigenvalue weighted by Crippen LogP contribution is -2.45. The number of piperazine rings is 1. The second-order valence-corrected chi connectivity index (χ2v) is 10.8. The zero-order valence-electron chi connectivity index (χ0n) is 23.1. The molecule has 12 heteroatoms. The Morgan fingerprint density at radius 2 is 1.78 bits per heavy atom. The molecular formula is C29H36F3N7O2. The Balaban J connectivity index is 1.30. The summed E-state index contributed by atoms with van der Waals surface area (Å²) < 4.78 is 42.0. The van der Waals surface area contributed by atoms with E-state index in [0.29, 0.717) is 36.8 Å². The molecule has 2 fully saturated rings. The van der Waals surface area contributed by atoms with Gasteiger partial charge in [0.25, 0.3) is 5.56 Å². The molecule has 2 saturated heterocycles. The SMILES string of the molecule is CC1CCN(c2nc(C(F)(F)F)ccc2CNC(=O)Nc2cccc3c2ccc(=O)n3CCN2CCNCC2)CC1. The van der Waals surface area contributed by atoms with E-state index in [1.54, 1.807) is 22.8 Å². The Morgan fingerprint density at radius 3 is 2.51 bits per heavy atom. The molecule has 0 bridgehead atoms. The average molecular weight is 572 g/mol. The Hall–Kier alpha value is -3.64. The lowest BCUT2D eigenvalue weighted by molar-refractivity contribution is -0.141. The lowest BCUT2D eigenvalue weighted by atomic mass is 9.99. The fourth-order valence-electron chi connectivity index (χ4n) is 5.45. The fraction of sp³-hybridized carbons (Fsp3) is 0.483. The number of fused-ring (bicyclic) bond motifs is 1. The first-order valence-corrected chi connectivity index (χ1v) is 14.1. The summed E-state index contributed by atoms with van der Waals surface area (Å²) in [5.74, 6) is 0.759. The summed E-state index contributed by atoms with van der Waals surface area (Å²) in [5, 5.41) is 9.67. The first-order chi connectivity index (χ1) is 19.7. The molecule has 0 atom stereocenters. The number of benzene rings is 1. The third-order valence-corrected chi connectivity index (χ3v) is 7.90. The molecule has 0 spiro atoms. The molecule has 0 saturated carbocycles. The van der Waals surface area contributed by atoms with Gasteiger partial charge in [0.05, 0.1) is 11.2 Å². The number of nitrogens with one attached hydrogen (secondary N) is 3. The van der Waals surface area contributed by atoms with Crippen LogP contribution in [0.15, 0.2) is 47.3 Å². The second-order valence-electron chi connectivity index (χ2n) is 10.8. The summed E-state index contributed by atoms with van der Waals surface area (Å²) in [6.07, 6.45) is -2.82. The zero-order chi connectivity index (χ0) is 29.0. The van der Waals surface area contributed by atoms with Gasteiger partial charge in [0.15, 0.2) is 0 Å². The number of alkyl halides is 3. The monoisotopic (exact) mass is 571 g/mol. The predicted molar refractivity (Wildman–Crippen MR) is 153 cm³/mol. The Morgan fingerprint density at radius 1 is 1.02 bits per heavy atom. The van der Waals surface area contributed by atoms with Gasteiger partial charge in [-0.1, -0.05) is 19.1 Å². The van der Waals surface area contributed by atoms with Crippen molar-refractivity contribution in [2.75, 3.05) is 56.0 Å². The average Bonchev–Trinajstić information content (AvgIpc) is 2.96. The number of aromatic nitrogens is 2. The summed E-state index contributed by atoms with van der Waals surface area (Å²) >= 11 is 0. The number of carbonyl (C=O) groups excluding carboxylic acids is 1. The number of pyridine rings is 2. The smallest absolute Gasteiger partial charge is 0.356 e. The zero-order valence-corrected chi connectivity index (χ0v) is 23.1. The molecule has 2 aromatic heterocycles. The molecule has 41 heavy (non-hydrogen) atoms. The van der Waals surface area contributed by atoms with Gasteiger partial charge in [-0.3, -0.25) is 9.69 Å². The molecule has 3 aromatic rings. The molecule has 220 valence electrons. The first-order valence-electron chi connectivity index (χ1n) is 14.1. The van der Waals surface area contributed by atoms with Crippen molar-refractivity contribution in [1.29, 1.82) is 0 Å². The van der Waals surface area contributed by atoms with Gasteiger partial charge in [-0.2, -0.15) is 13.2 Å². The quantitative estimate of drug-likeness (QED) is 0.399. The van der Waals surface area contributed by atoms with E-state index >= 15 is 0 Å². The van der Waals surface area contributed by atoms with Crippen LogP contribution in [-0.2, 0) is 19.3 Å². The van der Waals surface area contributed by atoms with Crippen LogP contribution in [0.3, 0.4) is 0 Å². The molecule has 3 N–H and O–H groups in total. The molecule has 5 rings (SSSR count). The number of rotatable bonds is 7. The van der Waals surface area contributed by atoms with Crippen LogP contribution < -0.4 is 26.4 Å². The van der Waals surface area contributed by atoms with Crippen LogP contribution in [0.5, 0.6) is 0 Å². The molecule has 2 amide bonds. The molecule has 2 aliphatic heterocycles. The third-order valence-electron chi connectivity index (χ3n) is 7.90. The van der Waals surface area contributed by atoms with E-state index in [-0.39, 0.29) is 17.9 Å². The van der Waals surface area contributed by atoms with Gasteiger partial charge >= 0.3 is 12.2 Å². The van der Waals surface area contributed by atoms with Crippen molar-refractivity contribution in [1.82, 2.24) is 25.1 Å². The second kappa shape index (κ2) is 12.5. The van der Waals surface area contributed by atoms with E-state index in [4.69, 9.17) is 0 Å². The van der Waals surface area contributed by atoms with Crippen LogP contribution in [0.2, 0.25) is 0 Å². The number of halogens is 3. The van der Waals surface area contributed by atoms with Gasteiger partial charge < -0.3 is 25.4 Å². The highest BCUT2D eigenvalue weighted by Crippen LogP contribution is 2.32. The number of urea groups is 1. The maximum atomic E-state index is 13.4. The highest BCUT2D eigenvalue weighted by molar-refractivity contribution is 6.00. The van der Waals surface area contributed by atoms with Crippen molar-refractivity contribution in [3.8, 4) is 0 Å². The van der Waals surface area contributed by atoms with Gasteiger partial charge in [0.2, 0.25) is 0 Å². The Labute approximate surface area is 236 Å². The summed E-state index contributed by atoms with van der Waals surface area (Å²) in [5.41, 5.74) is 0.717. The maximum Gasteiger partial charge on any atom is 0.433 e. The Bertz CT molecular complexity index is 1430. The summed E-state index contributed by atoms with van der Waals surface area (Å²) in [4.78, 5) is 33.8. The van der Waals surface area contributed by atoms with E-state index in [2.05, 4.69) is 32.8 Å². The minimum absolute atomic E-state index is 0.0124. The molecular weight excluding hydrogens is 535 g/mol. The van der Waals surface area contributed by atoms with Gasteiger partial charge in [-0.15, -0.1) is 0 Å². The van der Waals surface area contributed by atoms with Gasteiger partial charge in [0.1, 0.15) is 11.5 Å². The minimum atomic E-state index is -4.55. The highest BCUT2D eigenvalue weighted by atomic mass is 19.4. The number of anilines is 2. The Kier molecular flexibility index (Phi) is 8.79. The van der Waals surface area contributed by atoms with Gasteiger partial charge in [0, 0.05) is 75.9 Å². The maximum absolute atomic E-state index is 13.4. The summed E-state index contributed by atoms with van der Waals surface area (Å²) in [6, 6.07) is 10.4. The molecule has 0 radical (unpaired) electrons. The number of hydrogen-bond acceptors (Lipinski definition) is 6. The molecule has 9 nitrogen and oxygen atoms in total. The fourth-order valence-corrected chi connectivity index (χ4v) is 5.45. The predicted octanol–water partition coefficient (Wildman–Crippen LogP) is 3.88. The molecule has 1 aromatic carbocycles. The van der Waals surface area contributed by atoms with E-state index in [1.165, 1.54) is 12.1 Å². The van der Waals surface area contributed by atoms with E-state index in [1.807, 2.05) is 11.0 Å². The largest absolute Gasteiger partial charge is 0.433 e. The van der Waals surface area contributed by atoms with Crippen LogP contribution >= 0.6 is 0 Å². The van der Waals surface area contributed by atoms with Crippen molar-refractivity contribution in [2.45, 2.75) is 39.0 Å².